The first-order chi connectivity index (χ1) is 10.6. The van der Waals surface area contributed by atoms with Crippen molar-refractivity contribution in [3.8, 4) is 6.07 Å². The number of hydrogen-bond acceptors (Lipinski definition) is 3. The van der Waals surface area contributed by atoms with Gasteiger partial charge in [0.05, 0.1) is 11.3 Å². The summed E-state index contributed by atoms with van der Waals surface area (Å²) in [5.74, 6) is -0.203. The molecule has 2 amide bonds. The number of carbonyl (C=O) groups excluding carboxylic acids is 2. The molecule has 0 aromatic heterocycles. The Balaban J connectivity index is 2.50. The Morgan fingerprint density at radius 3 is 2.59 bits per heavy atom. The molecular formula is C17H23N3O2. The first-order valence-electron chi connectivity index (χ1n) is 7.63. The lowest BCUT2D eigenvalue weighted by Gasteiger charge is -2.20. The fourth-order valence-electron chi connectivity index (χ4n) is 2.12. The molecule has 0 bridgehead atoms. The van der Waals surface area contributed by atoms with Crippen molar-refractivity contribution in [2.24, 2.45) is 0 Å². The van der Waals surface area contributed by atoms with Crippen LogP contribution in [0.5, 0.6) is 0 Å². The summed E-state index contributed by atoms with van der Waals surface area (Å²) in [5.41, 5.74) is 0.942. The molecule has 22 heavy (non-hydrogen) atoms. The van der Waals surface area contributed by atoms with Crippen LogP contribution in [0.2, 0.25) is 0 Å². The fourth-order valence-corrected chi connectivity index (χ4v) is 2.12. The smallest absolute Gasteiger partial charge is 0.226 e. The summed E-state index contributed by atoms with van der Waals surface area (Å²) in [6.45, 7) is 4.72. The van der Waals surface area contributed by atoms with Crippen LogP contribution in [0.3, 0.4) is 0 Å². The molecule has 0 saturated heterocycles. The minimum atomic E-state index is -0.190. The van der Waals surface area contributed by atoms with Crippen LogP contribution in [0.25, 0.3) is 0 Å². The van der Waals surface area contributed by atoms with Crippen molar-refractivity contribution < 1.29 is 9.59 Å². The van der Waals surface area contributed by atoms with E-state index in [1.807, 2.05) is 6.07 Å². The van der Waals surface area contributed by atoms with E-state index in [0.717, 1.165) is 19.3 Å². The van der Waals surface area contributed by atoms with E-state index in [1.165, 1.54) is 6.92 Å². The van der Waals surface area contributed by atoms with Crippen molar-refractivity contribution in [1.82, 2.24) is 4.90 Å². The number of anilines is 1. The van der Waals surface area contributed by atoms with Crippen molar-refractivity contribution in [2.75, 3.05) is 18.4 Å². The Morgan fingerprint density at radius 2 is 1.95 bits per heavy atom. The van der Waals surface area contributed by atoms with Gasteiger partial charge in [-0.1, -0.05) is 31.9 Å². The molecule has 0 unspecified atom stereocenters. The number of rotatable bonds is 8. The fraction of sp³-hybridized carbons (Fsp3) is 0.471. The number of hydrogen-bond donors (Lipinski definition) is 1. The summed E-state index contributed by atoms with van der Waals surface area (Å²) >= 11 is 0. The molecule has 1 rings (SSSR count). The minimum absolute atomic E-state index is 0.0127. The summed E-state index contributed by atoms with van der Waals surface area (Å²) < 4.78 is 0. The summed E-state index contributed by atoms with van der Waals surface area (Å²) in [4.78, 5) is 25.2. The van der Waals surface area contributed by atoms with Gasteiger partial charge in [-0.15, -0.1) is 0 Å². The zero-order valence-corrected chi connectivity index (χ0v) is 13.3. The van der Waals surface area contributed by atoms with E-state index >= 15 is 0 Å². The SMILES string of the molecule is CCCCCN(CCC(=O)Nc1ccccc1C#N)C(C)=O. The van der Waals surface area contributed by atoms with E-state index in [0.29, 0.717) is 24.3 Å². The maximum absolute atomic E-state index is 12.0. The van der Waals surface area contributed by atoms with E-state index < -0.39 is 0 Å². The lowest BCUT2D eigenvalue weighted by molar-refractivity contribution is -0.129. The van der Waals surface area contributed by atoms with Gasteiger partial charge in [0.2, 0.25) is 11.8 Å². The molecule has 0 atom stereocenters. The van der Waals surface area contributed by atoms with Crippen LogP contribution in [0.4, 0.5) is 5.69 Å². The average Bonchev–Trinajstić information content (AvgIpc) is 2.50. The van der Waals surface area contributed by atoms with Gasteiger partial charge in [-0.05, 0) is 18.6 Å². The lowest BCUT2D eigenvalue weighted by atomic mass is 10.2. The van der Waals surface area contributed by atoms with E-state index in [2.05, 4.69) is 12.2 Å². The number of para-hydroxylation sites is 1. The second-order valence-corrected chi connectivity index (χ2v) is 5.17. The Morgan fingerprint density at radius 1 is 1.23 bits per heavy atom. The van der Waals surface area contributed by atoms with Crippen LogP contribution < -0.4 is 5.32 Å². The normalized spacial score (nSPS) is 9.86. The van der Waals surface area contributed by atoms with Crippen LogP contribution >= 0.6 is 0 Å². The standard InChI is InChI=1S/C17H23N3O2/c1-3-4-7-11-20(14(2)21)12-10-17(22)19-16-9-6-5-8-15(16)13-18/h5-6,8-9H,3-4,7,10-12H2,1-2H3,(H,19,22). The lowest BCUT2D eigenvalue weighted by Crippen LogP contribution is -2.33. The molecular weight excluding hydrogens is 278 g/mol. The number of unbranched alkanes of at least 4 members (excludes halogenated alkanes) is 2. The highest BCUT2D eigenvalue weighted by Gasteiger charge is 2.12. The van der Waals surface area contributed by atoms with E-state index in [4.69, 9.17) is 5.26 Å². The molecule has 0 radical (unpaired) electrons. The van der Waals surface area contributed by atoms with Crippen LogP contribution in [0.1, 0.15) is 45.1 Å². The zero-order valence-electron chi connectivity index (χ0n) is 13.3. The second kappa shape index (κ2) is 9.56. The van der Waals surface area contributed by atoms with E-state index in [-0.39, 0.29) is 18.2 Å². The molecule has 0 spiro atoms. The third-order valence-electron chi connectivity index (χ3n) is 3.41. The summed E-state index contributed by atoms with van der Waals surface area (Å²) in [6.07, 6.45) is 3.35. The van der Waals surface area contributed by atoms with Gasteiger partial charge in [0.15, 0.2) is 0 Å². The van der Waals surface area contributed by atoms with Crippen molar-refractivity contribution in [3.63, 3.8) is 0 Å². The predicted molar refractivity (Wildman–Crippen MR) is 86.2 cm³/mol. The molecule has 5 nitrogen and oxygen atoms in total. The van der Waals surface area contributed by atoms with Crippen molar-refractivity contribution >= 4 is 17.5 Å². The number of nitrogens with one attached hydrogen (secondary N) is 1. The monoisotopic (exact) mass is 301 g/mol. The van der Waals surface area contributed by atoms with Gasteiger partial charge in [0, 0.05) is 26.4 Å². The predicted octanol–water partition coefficient (Wildman–Crippen LogP) is 2.93. The molecule has 118 valence electrons. The first-order valence-corrected chi connectivity index (χ1v) is 7.63. The van der Waals surface area contributed by atoms with Crippen molar-refractivity contribution in [2.45, 2.75) is 39.5 Å². The van der Waals surface area contributed by atoms with Gasteiger partial charge in [0.1, 0.15) is 6.07 Å². The van der Waals surface area contributed by atoms with Crippen LogP contribution in [-0.4, -0.2) is 29.8 Å². The highest BCUT2D eigenvalue weighted by atomic mass is 16.2. The number of carbonyl (C=O) groups is 2. The Kier molecular flexibility index (Phi) is 7.69. The molecule has 0 saturated carbocycles. The molecule has 1 aromatic rings. The molecule has 1 aromatic carbocycles. The highest BCUT2D eigenvalue weighted by Crippen LogP contribution is 2.13. The largest absolute Gasteiger partial charge is 0.342 e. The van der Waals surface area contributed by atoms with Crippen LogP contribution in [0, 0.1) is 11.3 Å². The van der Waals surface area contributed by atoms with Gasteiger partial charge < -0.3 is 10.2 Å². The molecule has 0 fully saturated rings. The summed E-state index contributed by atoms with van der Waals surface area (Å²) in [5, 5.41) is 11.7. The molecule has 0 aliphatic rings. The summed E-state index contributed by atoms with van der Waals surface area (Å²) in [6, 6.07) is 8.91. The molecule has 0 aliphatic heterocycles. The van der Waals surface area contributed by atoms with Gasteiger partial charge in [-0.25, -0.2) is 0 Å². The molecule has 5 heteroatoms. The van der Waals surface area contributed by atoms with Gasteiger partial charge in [-0.3, -0.25) is 9.59 Å². The zero-order chi connectivity index (χ0) is 16.4. The average molecular weight is 301 g/mol. The van der Waals surface area contributed by atoms with E-state index in [1.54, 1.807) is 29.2 Å². The Hall–Kier alpha value is -2.35. The van der Waals surface area contributed by atoms with Crippen molar-refractivity contribution in [1.29, 1.82) is 5.26 Å². The van der Waals surface area contributed by atoms with Gasteiger partial charge in [-0.2, -0.15) is 5.26 Å². The molecule has 0 heterocycles. The topological polar surface area (TPSA) is 73.2 Å². The second-order valence-electron chi connectivity index (χ2n) is 5.17. The van der Waals surface area contributed by atoms with Gasteiger partial charge in [0.25, 0.3) is 0 Å². The van der Waals surface area contributed by atoms with Crippen LogP contribution in [0.15, 0.2) is 24.3 Å². The highest BCUT2D eigenvalue weighted by molar-refractivity contribution is 5.92. The van der Waals surface area contributed by atoms with Gasteiger partial charge >= 0.3 is 0 Å². The number of benzene rings is 1. The third-order valence-corrected chi connectivity index (χ3v) is 3.41. The molecule has 0 aliphatic carbocycles. The Bertz CT molecular complexity index is 549. The van der Waals surface area contributed by atoms with Crippen LogP contribution in [-0.2, 0) is 9.59 Å². The Labute approximate surface area is 131 Å². The van der Waals surface area contributed by atoms with Crippen molar-refractivity contribution in [3.05, 3.63) is 29.8 Å². The maximum atomic E-state index is 12.0. The number of nitrogens with zero attached hydrogens (tertiary/aromatic N) is 2. The number of nitriles is 1. The molecule has 1 N–H and O–H groups in total. The van der Waals surface area contributed by atoms with E-state index in [9.17, 15) is 9.59 Å². The third kappa shape index (κ3) is 5.96. The summed E-state index contributed by atoms with van der Waals surface area (Å²) in [7, 11) is 0. The minimum Gasteiger partial charge on any atom is -0.342 e. The first kappa shape index (κ1) is 17.7. The number of amides is 2. The maximum Gasteiger partial charge on any atom is 0.226 e. The quantitative estimate of drug-likeness (QED) is 0.750.